The molecule has 2 amide bonds. The summed E-state index contributed by atoms with van der Waals surface area (Å²) in [4.78, 5) is 24.2. The molecular formula is C18H19Cl2N3O4S. The van der Waals surface area contributed by atoms with Gasteiger partial charge in [0.05, 0.1) is 5.02 Å². The molecule has 0 saturated heterocycles. The van der Waals surface area contributed by atoms with Crippen LogP contribution in [-0.2, 0) is 10.0 Å². The molecule has 0 aliphatic carbocycles. The Hall–Kier alpha value is -2.13. The zero-order chi connectivity index (χ0) is 20.9. The Balaban J connectivity index is 2.18. The fourth-order valence-electron chi connectivity index (χ4n) is 2.40. The van der Waals surface area contributed by atoms with E-state index >= 15 is 0 Å². The van der Waals surface area contributed by atoms with Crippen LogP contribution in [0.1, 0.15) is 34.6 Å². The van der Waals surface area contributed by atoms with Gasteiger partial charge in [-0.25, -0.2) is 8.42 Å². The van der Waals surface area contributed by atoms with Crippen LogP contribution in [0.4, 0.5) is 0 Å². The molecule has 28 heavy (non-hydrogen) atoms. The van der Waals surface area contributed by atoms with Gasteiger partial charge in [-0.2, -0.15) is 4.31 Å². The molecule has 2 aromatic rings. The summed E-state index contributed by atoms with van der Waals surface area (Å²) in [7, 11) is -3.84. The second-order valence-electron chi connectivity index (χ2n) is 5.65. The third-order valence-electron chi connectivity index (χ3n) is 3.91. The largest absolute Gasteiger partial charge is 0.269 e. The van der Waals surface area contributed by atoms with E-state index in [2.05, 4.69) is 10.9 Å². The maximum absolute atomic E-state index is 12.7. The maximum Gasteiger partial charge on any atom is 0.269 e. The van der Waals surface area contributed by atoms with Crippen molar-refractivity contribution in [3.05, 3.63) is 63.6 Å². The summed E-state index contributed by atoms with van der Waals surface area (Å²) in [5, 5.41) is 0.484. The molecule has 7 nitrogen and oxygen atoms in total. The molecule has 150 valence electrons. The number of carbonyl (C=O) groups excluding carboxylic acids is 2. The lowest BCUT2D eigenvalue weighted by atomic mass is 10.2. The number of rotatable bonds is 6. The van der Waals surface area contributed by atoms with Crippen molar-refractivity contribution in [1.82, 2.24) is 15.2 Å². The van der Waals surface area contributed by atoms with Gasteiger partial charge in [0.2, 0.25) is 10.0 Å². The average molecular weight is 444 g/mol. The molecule has 0 bridgehead atoms. The lowest BCUT2D eigenvalue weighted by Crippen LogP contribution is -2.41. The number of amides is 2. The Kier molecular flexibility index (Phi) is 7.42. The number of benzene rings is 2. The fraction of sp³-hybridized carbons (Fsp3) is 0.222. The first-order valence-electron chi connectivity index (χ1n) is 8.36. The van der Waals surface area contributed by atoms with E-state index in [-0.39, 0.29) is 28.6 Å². The highest BCUT2D eigenvalue weighted by Crippen LogP contribution is 2.25. The van der Waals surface area contributed by atoms with Crippen molar-refractivity contribution in [2.45, 2.75) is 18.7 Å². The van der Waals surface area contributed by atoms with Gasteiger partial charge in [-0.15, -0.1) is 0 Å². The fourth-order valence-corrected chi connectivity index (χ4v) is 4.49. The van der Waals surface area contributed by atoms with Crippen molar-refractivity contribution in [2.75, 3.05) is 13.1 Å². The predicted octanol–water partition coefficient (Wildman–Crippen LogP) is 3.10. The van der Waals surface area contributed by atoms with Crippen molar-refractivity contribution >= 4 is 45.0 Å². The lowest BCUT2D eigenvalue weighted by molar-refractivity contribution is 0.0846. The molecule has 0 aromatic heterocycles. The topological polar surface area (TPSA) is 95.6 Å². The number of halogens is 2. The Morgan fingerprint density at radius 2 is 1.39 bits per heavy atom. The molecule has 2 N–H and O–H groups in total. The van der Waals surface area contributed by atoms with Crippen molar-refractivity contribution in [3.8, 4) is 0 Å². The highest BCUT2D eigenvalue weighted by atomic mass is 35.5. The number of carbonyl (C=O) groups is 2. The Labute approximate surface area is 173 Å². The van der Waals surface area contributed by atoms with Gasteiger partial charge in [0.1, 0.15) is 4.90 Å². The molecule has 0 fully saturated rings. The van der Waals surface area contributed by atoms with Gasteiger partial charge in [0.25, 0.3) is 11.8 Å². The van der Waals surface area contributed by atoms with E-state index in [1.54, 1.807) is 26.0 Å². The molecule has 0 aliphatic heterocycles. The van der Waals surface area contributed by atoms with E-state index in [0.29, 0.717) is 10.6 Å². The Bertz CT molecular complexity index is 975. The zero-order valence-corrected chi connectivity index (χ0v) is 17.5. The van der Waals surface area contributed by atoms with Gasteiger partial charge in [-0.05, 0) is 42.5 Å². The molecule has 2 aromatic carbocycles. The first-order valence-corrected chi connectivity index (χ1v) is 10.6. The number of sulfonamides is 1. The number of hydrazine groups is 1. The summed E-state index contributed by atoms with van der Waals surface area (Å²) in [5.41, 5.74) is 4.84. The molecular weight excluding hydrogens is 425 g/mol. The van der Waals surface area contributed by atoms with Crippen molar-refractivity contribution in [3.63, 3.8) is 0 Å². The van der Waals surface area contributed by atoms with E-state index in [9.17, 15) is 18.0 Å². The zero-order valence-electron chi connectivity index (χ0n) is 15.2. The van der Waals surface area contributed by atoms with Crippen LogP contribution in [0.2, 0.25) is 10.0 Å². The number of hydrogen-bond donors (Lipinski definition) is 2. The van der Waals surface area contributed by atoms with Crippen LogP contribution in [0, 0.1) is 0 Å². The Morgan fingerprint density at radius 1 is 0.893 bits per heavy atom. The lowest BCUT2D eigenvalue weighted by Gasteiger charge is -2.19. The summed E-state index contributed by atoms with van der Waals surface area (Å²) in [6.07, 6.45) is 0. The number of nitrogens with one attached hydrogen (secondary N) is 2. The SMILES string of the molecule is CCN(CC)S(=O)(=O)c1cc(C(=O)NNC(=O)c2ccc(Cl)cc2)ccc1Cl. The standard InChI is InChI=1S/C18H19Cl2N3O4S/c1-3-23(4-2)28(26,27)16-11-13(7-10-15(16)20)18(25)22-21-17(24)12-5-8-14(19)9-6-12/h5-11H,3-4H2,1-2H3,(H,21,24)(H,22,25). The maximum atomic E-state index is 12.7. The van der Waals surface area contributed by atoms with E-state index in [0.717, 1.165) is 0 Å². The van der Waals surface area contributed by atoms with Crippen LogP contribution in [0.3, 0.4) is 0 Å². The Morgan fingerprint density at radius 3 is 1.93 bits per heavy atom. The van der Waals surface area contributed by atoms with Crippen LogP contribution in [0.15, 0.2) is 47.4 Å². The molecule has 0 atom stereocenters. The van der Waals surface area contributed by atoms with Crippen LogP contribution >= 0.6 is 23.2 Å². The molecule has 0 heterocycles. The average Bonchev–Trinajstić information content (AvgIpc) is 2.67. The quantitative estimate of drug-likeness (QED) is 0.670. The summed E-state index contributed by atoms with van der Waals surface area (Å²) in [6, 6.07) is 9.96. The van der Waals surface area contributed by atoms with Gasteiger partial charge in [0.15, 0.2) is 0 Å². The van der Waals surface area contributed by atoms with E-state index in [1.807, 2.05) is 0 Å². The first-order chi connectivity index (χ1) is 13.2. The van der Waals surface area contributed by atoms with Gasteiger partial charge in [-0.1, -0.05) is 37.0 Å². The van der Waals surface area contributed by atoms with Crippen molar-refractivity contribution in [1.29, 1.82) is 0 Å². The van der Waals surface area contributed by atoms with Gasteiger partial charge < -0.3 is 0 Å². The molecule has 0 spiro atoms. The van der Waals surface area contributed by atoms with E-state index in [4.69, 9.17) is 23.2 Å². The minimum Gasteiger partial charge on any atom is -0.267 e. The molecule has 0 aliphatic rings. The first kappa shape index (κ1) is 22.2. The summed E-state index contributed by atoms with van der Waals surface area (Å²) < 4.78 is 26.6. The molecule has 2 rings (SSSR count). The second-order valence-corrected chi connectivity index (χ2v) is 8.40. The second kappa shape index (κ2) is 9.38. The van der Waals surface area contributed by atoms with Crippen LogP contribution in [-0.4, -0.2) is 37.6 Å². The third-order valence-corrected chi connectivity index (χ3v) is 6.70. The predicted molar refractivity (Wildman–Crippen MR) is 108 cm³/mol. The van der Waals surface area contributed by atoms with Crippen LogP contribution < -0.4 is 10.9 Å². The van der Waals surface area contributed by atoms with Gasteiger partial charge in [-0.3, -0.25) is 20.4 Å². The number of hydrogen-bond acceptors (Lipinski definition) is 4. The summed E-state index contributed by atoms with van der Waals surface area (Å²) in [5.74, 6) is -1.23. The molecule has 0 radical (unpaired) electrons. The van der Waals surface area contributed by atoms with Gasteiger partial charge >= 0.3 is 0 Å². The van der Waals surface area contributed by atoms with Gasteiger partial charge in [0, 0.05) is 29.2 Å². The number of nitrogens with zero attached hydrogens (tertiary/aromatic N) is 1. The minimum atomic E-state index is -3.84. The molecule has 10 heteroatoms. The summed E-state index contributed by atoms with van der Waals surface area (Å²) in [6.45, 7) is 3.95. The molecule has 0 unspecified atom stereocenters. The highest BCUT2D eigenvalue weighted by molar-refractivity contribution is 7.89. The van der Waals surface area contributed by atoms with E-state index in [1.165, 1.54) is 34.6 Å². The normalized spacial score (nSPS) is 11.3. The monoisotopic (exact) mass is 443 g/mol. The minimum absolute atomic E-state index is 0.00801. The van der Waals surface area contributed by atoms with Crippen LogP contribution in [0.5, 0.6) is 0 Å². The van der Waals surface area contributed by atoms with Crippen molar-refractivity contribution < 1.29 is 18.0 Å². The smallest absolute Gasteiger partial charge is 0.267 e. The third kappa shape index (κ3) is 5.02. The highest BCUT2D eigenvalue weighted by Gasteiger charge is 2.25. The summed E-state index contributed by atoms with van der Waals surface area (Å²) >= 11 is 11.8. The van der Waals surface area contributed by atoms with E-state index < -0.39 is 21.8 Å². The van der Waals surface area contributed by atoms with Crippen LogP contribution in [0.25, 0.3) is 0 Å². The molecule has 0 saturated carbocycles. The van der Waals surface area contributed by atoms with Crippen molar-refractivity contribution in [2.24, 2.45) is 0 Å².